The first-order chi connectivity index (χ1) is 10.7. The van der Waals surface area contributed by atoms with Gasteiger partial charge in [0.05, 0.1) is 11.3 Å². The molecule has 0 bridgehead atoms. The number of hydrogen-bond acceptors (Lipinski definition) is 4. The van der Waals surface area contributed by atoms with Crippen LogP contribution in [-0.2, 0) is 26.9 Å². The van der Waals surface area contributed by atoms with Crippen LogP contribution in [0, 0.1) is 13.8 Å². The molecule has 0 saturated heterocycles. The van der Waals surface area contributed by atoms with Gasteiger partial charge in [-0.3, -0.25) is 0 Å². The van der Waals surface area contributed by atoms with Gasteiger partial charge in [0.25, 0.3) is 0 Å². The third kappa shape index (κ3) is 5.21. The molecule has 0 aliphatic carbocycles. The number of esters is 1. The zero-order valence-corrected chi connectivity index (χ0v) is 14.3. The van der Waals surface area contributed by atoms with Gasteiger partial charge >= 0.3 is 5.97 Å². The average molecular weight is 332 g/mol. The minimum Gasteiger partial charge on any atom is -0.457 e. The molecule has 5 heteroatoms. The molecule has 0 atom stereocenters. The van der Waals surface area contributed by atoms with Crippen LogP contribution in [0.5, 0.6) is 0 Å². The Morgan fingerprint density at radius 1 is 1.04 bits per heavy atom. The highest BCUT2D eigenvalue weighted by Gasteiger charge is 2.10. The second kappa shape index (κ2) is 6.96. The van der Waals surface area contributed by atoms with E-state index in [4.69, 9.17) is 4.74 Å². The number of carbonyl (C=O) groups excluding carboxylic acids is 1. The summed E-state index contributed by atoms with van der Waals surface area (Å²) in [6.07, 6.45) is 1.18. The van der Waals surface area contributed by atoms with Gasteiger partial charge in [-0.2, -0.15) is 0 Å². The van der Waals surface area contributed by atoms with Gasteiger partial charge in [0.2, 0.25) is 0 Å². The van der Waals surface area contributed by atoms with E-state index in [2.05, 4.69) is 0 Å². The van der Waals surface area contributed by atoms with Crippen LogP contribution in [0.1, 0.15) is 32.6 Å². The average Bonchev–Trinajstić information content (AvgIpc) is 2.47. The fourth-order valence-corrected chi connectivity index (χ4v) is 3.02. The summed E-state index contributed by atoms with van der Waals surface area (Å²) in [7, 11) is -3.08. The molecule has 0 aliphatic heterocycles. The molecule has 0 N–H and O–H groups in total. The highest BCUT2D eigenvalue weighted by atomic mass is 32.2. The lowest BCUT2D eigenvalue weighted by atomic mass is 10.1. The minimum atomic E-state index is -3.08. The molecule has 2 aromatic rings. The van der Waals surface area contributed by atoms with Crippen LogP contribution < -0.4 is 0 Å². The Hall–Kier alpha value is -2.14. The third-order valence-corrected chi connectivity index (χ3v) is 4.34. The van der Waals surface area contributed by atoms with Crippen molar-refractivity contribution in [1.82, 2.24) is 0 Å². The van der Waals surface area contributed by atoms with E-state index < -0.39 is 15.8 Å². The molecule has 0 radical (unpaired) electrons. The van der Waals surface area contributed by atoms with Gasteiger partial charge in [-0.15, -0.1) is 0 Å². The Labute approximate surface area is 137 Å². The molecule has 0 aromatic heterocycles. The van der Waals surface area contributed by atoms with E-state index in [1.165, 1.54) is 6.26 Å². The van der Waals surface area contributed by atoms with Crippen molar-refractivity contribution in [2.75, 3.05) is 6.26 Å². The van der Waals surface area contributed by atoms with Crippen molar-refractivity contribution in [3.8, 4) is 0 Å². The van der Waals surface area contributed by atoms with Gasteiger partial charge in [-0.25, -0.2) is 13.2 Å². The number of benzene rings is 2. The Bertz CT molecular complexity index is 805. The van der Waals surface area contributed by atoms with Crippen LogP contribution in [0.4, 0.5) is 0 Å². The third-order valence-electron chi connectivity index (χ3n) is 3.48. The van der Waals surface area contributed by atoms with E-state index in [9.17, 15) is 13.2 Å². The van der Waals surface area contributed by atoms with Crippen molar-refractivity contribution >= 4 is 15.8 Å². The molecule has 4 nitrogen and oxygen atoms in total. The molecule has 0 saturated carbocycles. The maximum atomic E-state index is 12.1. The highest BCUT2D eigenvalue weighted by molar-refractivity contribution is 7.89. The van der Waals surface area contributed by atoms with Gasteiger partial charge < -0.3 is 4.74 Å². The van der Waals surface area contributed by atoms with E-state index in [-0.39, 0.29) is 12.4 Å². The molecular formula is C18H20O4S. The summed E-state index contributed by atoms with van der Waals surface area (Å²) in [5, 5.41) is 0. The quantitative estimate of drug-likeness (QED) is 0.789. The first-order valence-corrected chi connectivity index (χ1v) is 9.30. The largest absolute Gasteiger partial charge is 0.457 e. The van der Waals surface area contributed by atoms with Crippen LogP contribution in [0.2, 0.25) is 0 Å². The Balaban J connectivity index is 2.02. The Morgan fingerprint density at radius 3 is 2.30 bits per heavy atom. The second-order valence-corrected chi connectivity index (χ2v) is 7.91. The highest BCUT2D eigenvalue weighted by Crippen LogP contribution is 2.14. The van der Waals surface area contributed by atoms with Crippen LogP contribution in [0.25, 0.3) is 0 Å². The van der Waals surface area contributed by atoms with Crippen LogP contribution >= 0.6 is 0 Å². The van der Waals surface area contributed by atoms with E-state index >= 15 is 0 Å². The van der Waals surface area contributed by atoms with Crippen molar-refractivity contribution in [1.29, 1.82) is 0 Å². The van der Waals surface area contributed by atoms with Crippen molar-refractivity contribution < 1.29 is 17.9 Å². The number of sulfone groups is 1. The number of rotatable bonds is 5. The fraction of sp³-hybridized carbons (Fsp3) is 0.278. The molecule has 0 unspecified atom stereocenters. The van der Waals surface area contributed by atoms with Crippen molar-refractivity contribution in [3.63, 3.8) is 0 Å². The molecule has 0 aliphatic rings. The summed E-state index contributed by atoms with van der Waals surface area (Å²) < 4.78 is 27.8. The molecular weight excluding hydrogens is 312 g/mol. The van der Waals surface area contributed by atoms with Crippen LogP contribution in [0.15, 0.2) is 42.5 Å². The predicted molar refractivity (Wildman–Crippen MR) is 90.0 cm³/mol. The van der Waals surface area contributed by atoms with Gasteiger partial charge in [0.1, 0.15) is 6.61 Å². The zero-order valence-electron chi connectivity index (χ0n) is 13.5. The van der Waals surface area contributed by atoms with Crippen LogP contribution in [-0.4, -0.2) is 20.6 Å². The Kier molecular flexibility index (Phi) is 5.21. The molecule has 0 fully saturated rings. The molecule has 2 rings (SSSR count). The van der Waals surface area contributed by atoms with Gasteiger partial charge in [0, 0.05) is 6.26 Å². The second-order valence-electron chi connectivity index (χ2n) is 5.77. The first kappa shape index (κ1) is 17.2. The number of ether oxygens (including phenoxy) is 1. The van der Waals surface area contributed by atoms with Gasteiger partial charge in [-0.1, -0.05) is 35.9 Å². The molecule has 0 heterocycles. The summed E-state index contributed by atoms with van der Waals surface area (Å²) in [6, 6.07) is 12.5. The van der Waals surface area contributed by atoms with Crippen molar-refractivity contribution in [2.45, 2.75) is 26.2 Å². The lowest BCUT2D eigenvalue weighted by Gasteiger charge is -2.09. The van der Waals surface area contributed by atoms with Crippen molar-refractivity contribution in [2.24, 2.45) is 0 Å². The normalized spacial score (nSPS) is 11.3. The van der Waals surface area contributed by atoms with E-state index in [1.807, 2.05) is 32.0 Å². The Morgan fingerprint density at radius 2 is 1.70 bits per heavy atom. The molecule has 122 valence electrons. The summed E-state index contributed by atoms with van der Waals surface area (Å²) >= 11 is 0. The smallest absolute Gasteiger partial charge is 0.338 e. The zero-order chi connectivity index (χ0) is 17.0. The monoisotopic (exact) mass is 332 g/mol. The lowest BCUT2D eigenvalue weighted by molar-refractivity contribution is 0.0472. The predicted octanol–water partition coefficient (Wildman–Crippen LogP) is 3.21. The summed E-state index contributed by atoms with van der Waals surface area (Å²) in [4.78, 5) is 12.1. The molecule has 0 amide bonds. The number of aryl methyl sites for hydroxylation is 2. The molecule has 2 aromatic carbocycles. The first-order valence-electron chi connectivity index (χ1n) is 7.24. The SMILES string of the molecule is Cc1ccc(C)c(COC(=O)c2ccc(CS(C)(=O)=O)cc2)c1. The summed E-state index contributed by atoms with van der Waals surface area (Å²) in [5.74, 6) is -0.457. The fourth-order valence-electron chi connectivity index (χ4n) is 2.22. The van der Waals surface area contributed by atoms with E-state index in [0.717, 1.165) is 16.7 Å². The topological polar surface area (TPSA) is 60.4 Å². The van der Waals surface area contributed by atoms with Gasteiger partial charge in [0.15, 0.2) is 9.84 Å². The summed E-state index contributed by atoms with van der Waals surface area (Å²) in [6.45, 7) is 4.19. The van der Waals surface area contributed by atoms with E-state index in [0.29, 0.717) is 11.1 Å². The van der Waals surface area contributed by atoms with E-state index in [1.54, 1.807) is 24.3 Å². The molecule has 0 spiro atoms. The maximum Gasteiger partial charge on any atom is 0.338 e. The maximum absolute atomic E-state index is 12.1. The molecule has 23 heavy (non-hydrogen) atoms. The standard InChI is InChI=1S/C18H20O4S/c1-13-4-5-14(2)17(10-13)11-22-18(19)16-8-6-15(7-9-16)12-23(3,20)21/h4-10H,11-12H2,1-3H3. The number of hydrogen-bond donors (Lipinski definition) is 0. The summed E-state index contributed by atoms with van der Waals surface area (Å²) in [5.41, 5.74) is 4.23. The minimum absolute atomic E-state index is 0.0369. The van der Waals surface area contributed by atoms with Crippen LogP contribution in [0.3, 0.4) is 0 Å². The van der Waals surface area contributed by atoms with Gasteiger partial charge in [-0.05, 0) is 42.7 Å². The van der Waals surface area contributed by atoms with Crippen molar-refractivity contribution in [3.05, 3.63) is 70.3 Å². The lowest BCUT2D eigenvalue weighted by Crippen LogP contribution is -2.07. The number of carbonyl (C=O) groups is 1.